The van der Waals surface area contributed by atoms with Gasteiger partial charge in [0.15, 0.2) is 0 Å². The number of carbonyl (C=O) groups excluding carboxylic acids is 2. The van der Waals surface area contributed by atoms with Gasteiger partial charge in [-0.2, -0.15) is 0 Å². The van der Waals surface area contributed by atoms with Gasteiger partial charge in [-0.05, 0) is 37.5 Å². The van der Waals surface area contributed by atoms with Gasteiger partial charge in [0.2, 0.25) is 0 Å². The molecule has 3 N–H and O–H groups in total. The zero-order valence-corrected chi connectivity index (χ0v) is 16.4. The van der Waals surface area contributed by atoms with Crippen LogP contribution < -0.4 is 16.0 Å². The van der Waals surface area contributed by atoms with Gasteiger partial charge in [0, 0.05) is 30.8 Å². The smallest absolute Gasteiger partial charge is 0.319 e. The molecule has 2 rings (SSSR count). The lowest BCUT2D eigenvalue weighted by Gasteiger charge is -2.14. The van der Waals surface area contributed by atoms with Crippen LogP contribution in [0.25, 0.3) is 0 Å². The number of aromatic nitrogens is 2. The van der Waals surface area contributed by atoms with E-state index < -0.39 is 0 Å². The molecule has 1 heterocycles. The third-order valence-corrected chi connectivity index (χ3v) is 4.59. The number of hydrogen-bond donors (Lipinski definition) is 3. The van der Waals surface area contributed by atoms with E-state index in [1.54, 1.807) is 18.2 Å². The van der Waals surface area contributed by atoms with Gasteiger partial charge in [-0.1, -0.05) is 19.9 Å². The molecule has 1 aromatic carbocycles. The Labute approximate surface area is 157 Å². The Morgan fingerprint density at radius 3 is 2.58 bits per heavy atom. The quantitative estimate of drug-likeness (QED) is 0.693. The minimum absolute atomic E-state index is 0.133. The van der Waals surface area contributed by atoms with Crippen LogP contribution in [-0.2, 0) is 6.42 Å². The number of amides is 3. The molecule has 0 saturated heterocycles. The minimum Gasteiger partial charge on any atom is -0.352 e. The SMILES string of the molecule is Cc1nnc(CCNC(=O)Nc2cccc(C(=O)NCC(C)C)c2C)s1. The second kappa shape index (κ2) is 9.28. The molecule has 0 saturated carbocycles. The summed E-state index contributed by atoms with van der Waals surface area (Å²) in [6.07, 6.45) is 0.634. The molecular formula is C18H25N5O2S. The van der Waals surface area contributed by atoms with Crippen LogP contribution in [0.2, 0.25) is 0 Å². The van der Waals surface area contributed by atoms with Crippen LogP contribution in [0, 0.1) is 19.8 Å². The Kier molecular flexibility index (Phi) is 7.08. The lowest BCUT2D eigenvalue weighted by molar-refractivity contribution is 0.0948. The lowest BCUT2D eigenvalue weighted by atomic mass is 10.1. The topological polar surface area (TPSA) is 96.0 Å². The van der Waals surface area contributed by atoms with Crippen molar-refractivity contribution in [2.24, 2.45) is 5.92 Å². The highest BCUT2D eigenvalue weighted by molar-refractivity contribution is 7.11. The fourth-order valence-electron chi connectivity index (χ4n) is 2.30. The summed E-state index contributed by atoms with van der Waals surface area (Å²) in [5.41, 5.74) is 1.92. The Hall–Kier alpha value is -2.48. The molecule has 0 atom stereocenters. The molecule has 3 amide bonds. The van der Waals surface area contributed by atoms with E-state index in [1.165, 1.54) is 11.3 Å². The maximum absolute atomic E-state index is 12.3. The van der Waals surface area contributed by atoms with E-state index in [0.29, 0.717) is 36.7 Å². The molecule has 0 unspecified atom stereocenters. The summed E-state index contributed by atoms with van der Waals surface area (Å²) < 4.78 is 0. The number of anilines is 1. The molecule has 0 aliphatic rings. The average Bonchev–Trinajstić information content (AvgIpc) is 3.00. The summed E-state index contributed by atoms with van der Waals surface area (Å²) in [7, 11) is 0. The molecule has 26 heavy (non-hydrogen) atoms. The normalized spacial score (nSPS) is 10.7. The van der Waals surface area contributed by atoms with Crippen LogP contribution in [0.5, 0.6) is 0 Å². The molecule has 8 heteroatoms. The number of carbonyl (C=O) groups is 2. The molecule has 2 aromatic rings. The number of aryl methyl sites for hydroxylation is 1. The molecule has 0 spiro atoms. The highest BCUT2D eigenvalue weighted by Gasteiger charge is 2.13. The predicted molar refractivity (Wildman–Crippen MR) is 104 cm³/mol. The third-order valence-electron chi connectivity index (χ3n) is 3.69. The largest absolute Gasteiger partial charge is 0.352 e. The number of benzene rings is 1. The van der Waals surface area contributed by atoms with Gasteiger partial charge in [0.05, 0.1) is 0 Å². The van der Waals surface area contributed by atoms with Crippen molar-refractivity contribution in [3.8, 4) is 0 Å². The Morgan fingerprint density at radius 2 is 1.92 bits per heavy atom. The Balaban J connectivity index is 1.90. The monoisotopic (exact) mass is 375 g/mol. The van der Waals surface area contributed by atoms with Crippen molar-refractivity contribution >= 4 is 29.0 Å². The van der Waals surface area contributed by atoms with E-state index in [4.69, 9.17) is 0 Å². The average molecular weight is 375 g/mol. The van der Waals surface area contributed by atoms with Crippen LogP contribution in [0.4, 0.5) is 10.5 Å². The lowest BCUT2D eigenvalue weighted by Crippen LogP contribution is -2.31. The number of nitrogens with zero attached hydrogens (tertiary/aromatic N) is 2. The molecular weight excluding hydrogens is 350 g/mol. The van der Waals surface area contributed by atoms with Gasteiger partial charge in [-0.3, -0.25) is 4.79 Å². The second-order valence-corrected chi connectivity index (χ2v) is 7.69. The standard InChI is InChI=1S/C18H25N5O2S/c1-11(2)10-20-17(24)14-6-5-7-15(12(14)3)21-18(25)19-9-8-16-23-22-13(4)26-16/h5-7,11H,8-10H2,1-4H3,(H,20,24)(H2,19,21,25). The number of nitrogens with one attached hydrogen (secondary N) is 3. The van der Waals surface area contributed by atoms with Crippen LogP contribution in [0.3, 0.4) is 0 Å². The van der Waals surface area contributed by atoms with Crippen LogP contribution in [0.1, 0.15) is 39.8 Å². The number of hydrogen-bond acceptors (Lipinski definition) is 5. The minimum atomic E-state index is -0.311. The Morgan fingerprint density at radius 1 is 1.15 bits per heavy atom. The highest BCUT2D eigenvalue weighted by atomic mass is 32.1. The van der Waals surface area contributed by atoms with Crippen molar-refractivity contribution in [2.45, 2.75) is 34.1 Å². The maximum atomic E-state index is 12.3. The number of urea groups is 1. The molecule has 0 fully saturated rings. The van der Waals surface area contributed by atoms with Gasteiger partial charge < -0.3 is 16.0 Å². The van der Waals surface area contributed by atoms with Gasteiger partial charge in [-0.15, -0.1) is 21.5 Å². The fraction of sp³-hybridized carbons (Fsp3) is 0.444. The van der Waals surface area contributed by atoms with E-state index in [9.17, 15) is 9.59 Å². The Bertz CT molecular complexity index is 773. The number of rotatable bonds is 7. The zero-order chi connectivity index (χ0) is 19.1. The summed E-state index contributed by atoms with van der Waals surface area (Å²) >= 11 is 1.52. The van der Waals surface area contributed by atoms with Crippen LogP contribution in [0.15, 0.2) is 18.2 Å². The van der Waals surface area contributed by atoms with E-state index >= 15 is 0 Å². The summed E-state index contributed by atoms with van der Waals surface area (Å²) in [6, 6.07) is 4.99. The van der Waals surface area contributed by atoms with E-state index in [0.717, 1.165) is 15.6 Å². The van der Waals surface area contributed by atoms with Gasteiger partial charge in [0.1, 0.15) is 10.0 Å². The molecule has 140 valence electrons. The van der Waals surface area contributed by atoms with Crippen molar-refractivity contribution < 1.29 is 9.59 Å². The van der Waals surface area contributed by atoms with Gasteiger partial charge in [-0.25, -0.2) is 4.79 Å². The van der Waals surface area contributed by atoms with Crippen molar-refractivity contribution in [1.82, 2.24) is 20.8 Å². The molecule has 0 bridgehead atoms. The first-order valence-corrected chi connectivity index (χ1v) is 9.40. The fourth-order valence-corrected chi connectivity index (χ4v) is 3.01. The molecule has 0 aliphatic carbocycles. The first kappa shape index (κ1) is 19.8. The zero-order valence-electron chi connectivity index (χ0n) is 15.5. The van der Waals surface area contributed by atoms with Crippen molar-refractivity contribution in [1.29, 1.82) is 0 Å². The summed E-state index contributed by atoms with van der Waals surface area (Å²) in [6.45, 7) is 8.88. The summed E-state index contributed by atoms with van der Waals surface area (Å²) in [5, 5.41) is 18.3. The highest BCUT2D eigenvalue weighted by Crippen LogP contribution is 2.19. The molecule has 1 aromatic heterocycles. The van der Waals surface area contributed by atoms with E-state index in [2.05, 4.69) is 26.1 Å². The molecule has 0 radical (unpaired) electrons. The van der Waals surface area contributed by atoms with Crippen molar-refractivity contribution in [3.63, 3.8) is 0 Å². The van der Waals surface area contributed by atoms with Gasteiger partial charge >= 0.3 is 6.03 Å². The first-order valence-electron chi connectivity index (χ1n) is 8.58. The maximum Gasteiger partial charge on any atom is 0.319 e. The second-order valence-electron chi connectivity index (χ2n) is 6.43. The van der Waals surface area contributed by atoms with Crippen LogP contribution >= 0.6 is 11.3 Å². The van der Waals surface area contributed by atoms with E-state index in [-0.39, 0.29) is 11.9 Å². The third kappa shape index (κ3) is 5.80. The van der Waals surface area contributed by atoms with Crippen molar-refractivity contribution in [3.05, 3.63) is 39.3 Å². The van der Waals surface area contributed by atoms with Crippen molar-refractivity contribution in [2.75, 3.05) is 18.4 Å². The predicted octanol–water partition coefficient (Wildman–Crippen LogP) is 2.90. The molecule has 0 aliphatic heterocycles. The van der Waals surface area contributed by atoms with E-state index in [1.807, 2.05) is 27.7 Å². The first-order chi connectivity index (χ1) is 12.4. The van der Waals surface area contributed by atoms with Crippen LogP contribution in [-0.4, -0.2) is 35.2 Å². The summed E-state index contributed by atoms with van der Waals surface area (Å²) in [4.78, 5) is 24.4. The molecule has 7 nitrogen and oxygen atoms in total. The van der Waals surface area contributed by atoms with Gasteiger partial charge in [0.25, 0.3) is 5.91 Å². The summed E-state index contributed by atoms with van der Waals surface area (Å²) in [5.74, 6) is 0.245.